The van der Waals surface area contributed by atoms with Crippen LogP contribution in [-0.2, 0) is 36.9 Å². The van der Waals surface area contributed by atoms with Crippen LogP contribution in [0.3, 0.4) is 0 Å². The highest BCUT2D eigenvalue weighted by molar-refractivity contribution is 5.90. The summed E-state index contributed by atoms with van der Waals surface area (Å²) in [4.78, 5) is 61.5. The highest BCUT2D eigenvalue weighted by atomic mass is 16.6. The van der Waals surface area contributed by atoms with Crippen molar-refractivity contribution in [1.29, 1.82) is 0 Å². The molecule has 12 nitrogen and oxygen atoms in total. The number of hydrogen-bond acceptors (Lipinski definition) is 8. The summed E-state index contributed by atoms with van der Waals surface area (Å²) in [6, 6.07) is 19.8. The molecular formula is C30H31N3O9. The number of carboxylic acid groups (broad SMARTS) is 1. The SMILES string of the molecule is CCOC(=O)C[C@H](c1ccc([N+](=O)[O-])cc1)[C@H](NC(=O)[C@H](Cc1ccccc1)NC(=O)OCc1ccccc1)C(=O)O. The van der Waals surface area contributed by atoms with E-state index in [1.165, 1.54) is 24.3 Å². The van der Waals surface area contributed by atoms with E-state index >= 15 is 0 Å². The summed E-state index contributed by atoms with van der Waals surface area (Å²) < 4.78 is 10.3. The zero-order chi connectivity index (χ0) is 30.5. The molecular weight excluding hydrogens is 546 g/mol. The Kier molecular flexibility index (Phi) is 11.5. The van der Waals surface area contributed by atoms with Gasteiger partial charge in [-0.3, -0.25) is 19.7 Å². The number of non-ortho nitro benzene ring substituents is 1. The highest BCUT2D eigenvalue weighted by Crippen LogP contribution is 2.27. The molecule has 0 aliphatic rings. The van der Waals surface area contributed by atoms with Crippen LogP contribution in [-0.4, -0.2) is 52.7 Å². The van der Waals surface area contributed by atoms with Crippen LogP contribution in [0, 0.1) is 10.1 Å². The molecule has 0 bridgehead atoms. The van der Waals surface area contributed by atoms with Gasteiger partial charge in [0.05, 0.1) is 18.0 Å². The molecule has 0 aromatic heterocycles. The number of nitro benzene ring substituents is 1. The van der Waals surface area contributed by atoms with Gasteiger partial charge in [0.1, 0.15) is 18.7 Å². The van der Waals surface area contributed by atoms with Crippen LogP contribution in [0.2, 0.25) is 0 Å². The number of amides is 2. The van der Waals surface area contributed by atoms with Crippen LogP contribution in [0.4, 0.5) is 10.5 Å². The van der Waals surface area contributed by atoms with Gasteiger partial charge in [0.2, 0.25) is 5.91 Å². The lowest BCUT2D eigenvalue weighted by molar-refractivity contribution is -0.384. The lowest BCUT2D eigenvalue weighted by Crippen LogP contribution is -2.54. The van der Waals surface area contributed by atoms with E-state index in [1.807, 2.05) is 6.07 Å². The number of benzene rings is 3. The van der Waals surface area contributed by atoms with Crippen LogP contribution in [0.25, 0.3) is 0 Å². The van der Waals surface area contributed by atoms with Gasteiger partial charge in [0.15, 0.2) is 0 Å². The van der Waals surface area contributed by atoms with E-state index < -0.39 is 53.3 Å². The summed E-state index contributed by atoms with van der Waals surface area (Å²) >= 11 is 0. The highest BCUT2D eigenvalue weighted by Gasteiger charge is 2.35. The molecule has 2 amide bonds. The van der Waals surface area contributed by atoms with Crippen molar-refractivity contribution in [1.82, 2.24) is 10.6 Å². The van der Waals surface area contributed by atoms with Crippen LogP contribution in [0.1, 0.15) is 36.0 Å². The Labute approximate surface area is 241 Å². The maximum Gasteiger partial charge on any atom is 0.408 e. The number of nitro groups is 1. The van der Waals surface area contributed by atoms with Crippen molar-refractivity contribution in [3.8, 4) is 0 Å². The second-order valence-electron chi connectivity index (χ2n) is 9.24. The first-order chi connectivity index (χ1) is 20.2. The van der Waals surface area contributed by atoms with Gasteiger partial charge in [0.25, 0.3) is 5.69 Å². The zero-order valence-electron chi connectivity index (χ0n) is 22.8. The number of alkyl carbamates (subject to hydrolysis) is 1. The van der Waals surface area contributed by atoms with Gasteiger partial charge in [-0.2, -0.15) is 0 Å². The average molecular weight is 578 g/mol. The van der Waals surface area contributed by atoms with Crippen LogP contribution < -0.4 is 10.6 Å². The summed E-state index contributed by atoms with van der Waals surface area (Å²) in [6.45, 7) is 1.59. The Balaban J connectivity index is 1.85. The van der Waals surface area contributed by atoms with E-state index in [0.29, 0.717) is 5.56 Å². The number of esters is 1. The Morgan fingerprint density at radius 1 is 0.857 bits per heavy atom. The normalized spacial score (nSPS) is 12.7. The fraction of sp³-hybridized carbons (Fsp3) is 0.267. The van der Waals surface area contributed by atoms with Gasteiger partial charge in [-0.25, -0.2) is 9.59 Å². The van der Waals surface area contributed by atoms with Crippen LogP contribution >= 0.6 is 0 Å². The number of nitrogens with zero attached hydrogens (tertiary/aromatic N) is 1. The first-order valence-electron chi connectivity index (χ1n) is 13.1. The van der Waals surface area contributed by atoms with Crippen LogP contribution in [0.5, 0.6) is 0 Å². The third-order valence-corrected chi connectivity index (χ3v) is 6.29. The van der Waals surface area contributed by atoms with E-state index in [2.05, 4.69) is 10.6 Å². The van der Waals surface area contributed by atoms with Crippen molar-refractivity contribution < 1.29 is 38.7 Å². The van der Waals surface area contributed by atoms with E-state index in [-0.39, 0.29) is 30.9 Å². The fourth-order valence-electron chi connectivity index (χ4n) is 4.23. The molecule has 42 heavy (non-hydrogen) atoms. The second kappa shape index (κ2) is 15.5. The summed E-state index contributed by atoms with van der Waals surface area (Å²) in [5.74, 6) is -4.15. The second-order valence-corrected chi connectivity index (χ2v) is 9.24. The van der Waals surface area contributed by atoms with E-state index in [9.17, 15) is 34.4 Å². The first kappa shape index (κ1) is 31.3. The van der Waals surface area contributed by atoms with Crippen molar-refractivity contribution in [2.75, 3.05) is 6.61 Å². The van der Waals surface area contributed by atoms with Gasteiger partial charge in [-0.1, -0.05) is 72.8 Å². The van der Waals surface area contributed by atoms with Crippen molar-refractivity contribution in [2.45, 2.75) is 44.4 Å². The quantitative estimate of drug-likeness (QED) is 0.146. The number of carbonyl (C=O) groups excluding carboxylic acids is 3. The molecule has 12 heteroatoms. The molecule has 3 aromatic rings. The average Bonchev–Trinajstić information content (AvgIpc) is 2.98. The predicted octanol–water partition coefficient (Wildman–Crippen LogP) is 3.74. The molecule has 220 valence electrons. The van der Waals surface area contributed by atoms with Gasteiger partial charge in [0, 0.05) is 24.5 Å². The summed E-state index contributed by atoms with van der Waals surface area (Å²) in [5.41, 5.74) is 1.45. The number of carboxylic acids is 1. The molecule has 0 radical (unpaired) electrons. The third-order valence-electron chi connectivity index (χ3n) is 6.29. The number of nitrogens with one attached hydrogen (secondary N) is 2. The maximum absolute atomic E-state index is 13.5. The molecule has 3 rings (SSSR count). The first-order valence-corrected chi connectivity index (χ1v) is 13.1. The zero-order valence-corrected chi connectivity index (χ0v) is 22.8. The minimum absolute atomic E-state index is 0.0134. The van der Waals surface area contributed by atoms with E-state index in [4.69, 9.17) is 9.47 Å². The lowest BCUT2D eigenvalue weighted by atomic mass is 9.88. The Morgan fingerprint density at radius 3 is 2.00 bits per heavy atom. The van der Waals surface area contributed by atoms with Crippen molar-refractivity contribution in [3.05, 3.63) is 112 Å². The van der Waals surface area contributed by atoms with Gasteiger partial charge >= 0.3 is 18.0 Å². The number of aliphatic carboxylic acids is 1. The smallest absolute Gasteiger partial charge is 0.408 e. The molecule has 0 spiro atoms. The molecule has 3 aromatic carbocycles. The van der Waals surface area contributed by atoms with E-state index in [1.54, 1.807) is 61.5 Å². The summed E-state index contributed by atoms with van der Waals surface area (Å²) in [5, 5.41) is 26.2. The number of rotatable bonds is 14. The standard InChI is InChI=1S/C30H31N3O9/c1-2-41-26(34)18-24(22-13-15-23(16-14-22)33(39)40)27(29(36)37)32-28(35)25(17-20-9-5-3-6-10-20)31-30(38)42-19-21-11-7-4-8-12-21/h3-16,24-25,27H,2,17-19H2,1H3,(H,31,38)(H,32,35)(H,36,37)/t24-,25+,27+/m1/s1. The summed E-state index contributed by atoms with van der Waals surface area (Å²) in [7, 11) is 0. The molecule has 0 saturated carbocycles. The third kappa shape index (κ3) is 9.44. The van der Waals surface area contributed by atoms with Crippen molar-refractivity contribution in [3.63, 3.8) is 0 Å². The minimum Gasteiger partial charge on any atom is -0.480 e. The molecule has 0 heterocycles. The fourth-order valence-corrected chi connectivity index (χ4v) is 4.23. The van der Waals surface area contributed by atoms with Gasteiger partial charge in [-0.05, 0) is 23.6 Å². The molecule has 0 saturated heterocycles. The molecule has 0 aliphatic carbocycles. The molecule has 0 fully saturated rings. The Hall–Kier alpha value is -5.26. The maximum atomic E-state index is 13.5. The summed E-state index contributed by atoms with van der Waals surface area (Å²) in [6.07, 6.45) is -1.31. The molecule has 0 aliphatic heterocycles. The lowest BCUT2D eigenvalue weighted by Gasteiger charge is -2.27. The largest absolute Gasteiger partial charge is 0.480 e. The topological polar surface area (TPSA) is 174 Å². The van der Waals surface area contributed by atoms with Gasteiger partial charge in [-0.15, -0.1) is 0 Å². The number of carbonyl (C=O) groups is 4. The Bertz CT molecular complexity index is 1370. The van der Waals surface area contributed by atoms with Gasteiger partial charge < -0.3 is 25.2 Å². The molecule has 3 atom stereocenters. The minimum atomic E-state index is -1.65. The van der Waals surface area contributed by atoms with Crippen molar-refractivity contribution in [2.24, 2.45) is 0 Å². The van der Waals surface area contributed by atoms with Crippen molar-refractivity contribution >= 4 is 29.6 Å². The number of hydrogen-bond donors (Lipinski definition) is 3. The van der Waals surface area contributed by atoms with E-state index in [0.717, 1.165) is 5.56 Å². The predicted molar refractivity (Wildman–Crippen MR) is 150 cm³/mol. The molecule has 0 unspecified atom stereocenters. The molecule has 3 N–H and O–H groups in total. The van der Waals surface area contributed by atoms with Crippen LogP contribution in [0.15, 0.2) is 84.9 Å². The number of ether oxygens (including phenoxy) is 2. The Morgan fingerprint density at radius 2 is 1.45 bits per heavy atom. The monoisotopic (exact) mass is 577 g/mol.